The number of nitrogens with zero attached hydrogens (tertiary/aromatic N) is 1. The van der Waals surface area contributed by atoms with Gasteiger partial charge in [0.15, 0.2) is 5.78 Å². The minimum atomic E-state index is -0.598. The average molecular weight is 317 g/mol. The standard InChI is InChI=1S/C17H23N3O3/c1-11-16(20(11)2)14(21)9-13(17(23)19-10-15(18)22)8-12-6-4-3-5-7-12/h3-7,11,13,16H,8-10H2,1-2H3,(H2,18,22)(H,19,23)/t11-,13?,16-,20?/m0/s1. The Labute approximate surface area is 136 Å². The van der Waals surface area contributed by atoms with Crippen LogP contribution >= 0.6 is 0 Å². The lowest BCUT2D eigenvalue weighted by atomic mass is 9.92. The molecule has 0 saturated carbocycles. The fourth-order valence-corrected chi connectivity index (χ4v) is 2.83. The molecule has 0 bridgehead atoms. The second-order valence-corrected chi connectivity index (χ2v) is 6.09. The summed E-state index contributed by atoms with van der Waals surface area (Å²) >= 11 is 0. The van der Waals surface area contributed by atoms with E-state index in [1.165, 1.54) is 0 Å². The summed E-state index contributed by atoms with van der Waals surface area (Å²) in [7, 11) is 1.90. The first-order valence-electron chi connectivity index (χ1n) is 7.74. The lowest BCUT2D eigenvalue weighted by Crippen LogP contribution is -2.39. The highest BCUT2D eigenvalue weighted by atomic mass is 16.2. The highest BCUT2D eigenvalue weighted by Gasteiger charge is 2.46. The van der Waals surface area contributed by atoms with Crippen LogP contribution in [0.2, 0.25) is 0 Å². The Morgan fingerprint density at radius 3 is 2.39 bits per heavy atom. The van der Waals surface area contributed by atoms with Gasteiger partial charge in [-0.15, -0.1) is 0 Å². The van der Waals surface area contributed by atoms with Crippen LogP contribution in [0.4, 0.5) is 0 Å². The van der Waals surface area contributed by atoms with Crippen molar-refractivity contribution in [1.82, 2.24) is 10.2 Å². The fourth-order valence-electron chi connectivity index (χ4n) is 2.83. The van der Waals surface area contributed by atoms with Crippen molar-refractivity contribution < 1.29 is 14.4 Å². The second kappa shape index (κ2) is 7.37. The van der Waals surface area contributed by atoms with E-state index in [0.29, 0.717) is 6.42 Å². The van der Waals surface area contributed by atoms with E-state index in [4.69, 9.17) is 5.73 Å². The highest BCUT2D eigenvalue weighted by Crippen LogP contribution is 2.28. The number of carbonyl (C=O) groups excluding carboxylic acids is 3. The summed E-state index contributed by atoms with van der Waals surface area (Å²) in [6.45, 7) is 1.78. The topological polar surface area (TPSA) is 92.3 Å². The van der Waals surface area contributed by atoms with Gasteiger partial charge in [0.05, 0.1) is 12.6 Å². The molecule has 3 N–H and O–H groups in total. The largest absolute Gasteiger partial charge is 0.368 e. The minimum Gasteiger partial charge on any atom is -0.368 e. The quantitative estimate of drug-likeness (QED) is 0.666. The number of Topliss-reactive ketones (excluding diaryl/α,β-unsaturated/α-hetero) is 1. The van der Waals surface area contributed by atoms with Crippen molar-refractivity contribution in [2.24, 2.45) is 11.7 Å². The smallest absolute Gasteiger partial charge is 0.236 e. The van der Waals surface area contributed by atoms with Crippen LogP contribution in [0.15, 0.2) is 30.3 Å². The molecule has 0 aromatic heterocycles. The van der Waals surface area contributed by atoms with Crippen molar-refractivity contribution in [2.45, 2.75) is 31.8 Å². The number of likely N-dealkylation sites (N-methyl/N-ethyl adjacent to an activating group) is 1. The number of primary amides is 1. The summed E-state index contributed by atoms with van der Waals surface area (Å²) in [6.07, 6.45) is 0.626. The Hall–Kier alpha value is -2.21. The number of hydrogen-bond donors (Lipinski definition) is 2. The van der Waals surface area contributed by atoms with E-state index in [1.54, 1.807) is 0 Å². The third kappa shape index (κ3) is 4.63. The first-order chi connectivity index (χ1) is 10.9. The number of rotatable bonds is 8. The molecule has 2 amide bonds. The molecular formula is C17H23N3O3. The Kier molecular flexibility index (Phi) is 5.50. The van der Waals surface area contributed by atoms with Gasteiger partial charge in [-0.3, -0.25) is 19.3 Å². The molecule has 1 heterocycles. The van der Waals surface area contributed by atoms with E-state index in [0.717, 1.165) is 5.56 Å². The molecule has 6 nitrogen and oxygen atoms in total. The van der Waals surface area contributed by atoms with Crippen LogP contribution in [0.3, 0.4) is 0 Å². The van der Waals surface area contributed by atoms with Gasteiger partial charge < -0.3 is 11.1 Å². The first kappa shape index (κ1) is 17.1. The predicted molar refractivity (Wildman–Crippen MR) is 86.5 cm³/mol. The van der Waals surface area contributed by atoms with Crippen molar-refractivity contribution >= 4 is 17.6 Å². The molecule has 4 atom stereocenters. The van der Waals surface area contributed by atoms with Gasteiger partial charge in [0, 0.05) is 18.4 Å². The molecule has 124 valence electrons. The zero-order valence-corrected chi connectivity index (χ0v) is 13.5. The molecule has 1 saturated heterocycles. The predicted octanol–water partition coefficient (Wildman–Crippen LogP) is 0.109. The molecule has 1 aromatic rings. The summed E-state index contributed by atoms with van der Waals surface area (Å²) in [5.74, 6) is -1.34. The number of ketones is 1. The summed E-state index contributed by atoms with van der Waals surface area (Å²) in [6, 6.07) is 9.66. The van der Waals surface area contributed by atoms with Crippen molar-refractivity contribution in [3.63, 3.8) is 0 Å². The van der Waals surface area contributed by atoms with E-state index >= 15 is 0 Å². The van der Waals surface area contributed by atoms with Gasteiger partial charge in [-0.25, -0.2) is 0 Å². The number of nitrogens with one attached hydrogen (secondary N) is 1. The van der Waals surface area contributed by atoms with E-state index in [1.807, 2.05) is 49.2 Å². The van der Waals surface area contributed by atoms with Crippen LogP contribution in [0.25, 0.3) is 0 Å². The van der Waals surface area contributed by atoms with E-state index in [-0.39, 0.29) is 36.7 Å². The van der Waals surface area contributed by atoms with Gasteiger partial charge >= 0.3 is 0 Å². The highest BCUT2D eigenvalue weighted by molar-refractivity contribution is 5.93. The van der Waals surface area contributed by atoms with E-state index in [9.17, 15) is 14.4 Å². The summed E-state index contributed by atoms with van der Waals surface area (Å²) in [5.41, 5.74) is 6.05. The lowest BCUT2D eigenvalue weighted by Gasteiger charge is -2.16. The maximum Gasteiger partial charge on any atom is 0.236 e. The van der Waals surface area contributed by atoms with Gasteiger partial charge in [0.25, 0.3) is 0 Å². The zero-order chi connectivity index (χ0) is 17.0. The van der Waals surface area contributed by atoms with Crippen molar-refractivity contribution in [3.05, 3.63) is 35.9 Å². The maximum atomic E-state index is 12.4. The molecule has 0 spiro atoms. The van der Waals surface area contributed by atoms with Crippen LogP contribution in [-0.2, 0) is 20.8 Å². The third-order valence-electron chi connectivity index (χ3n) is 4.36. The van der Waals surface area contributed by atoms with Crippen LogP contribution in [0.1, 0.15) is 18.9 Å². The van der Waals surface area contributed by atoms with Crippen LogP contribution < -0.4 is 11.1 Å². The molecular weight excluding hydrogens is 294 g/mol. The molecule has 1 aromatic carbocycles. The van der Waals surface area contributed by atoms with Gasteiger partial charge in [-0.1, -0.05) is 30.3 Å². The maximum absolute atomic E-state index is 12.4. The molecule has 6 heteroatoms. The molecule has 2 rings (SSSR count). The van der Waals surface area contributed by atoms with Crippen molar-refractivity contribution in [1.29, 1.82) is 0 Å². The molecule has 0 aliphatic carbocycles. The van der Waals surface area contributed by atoms with Gasteiger partial charge in [0.2, 0.25) is 11.8 Å². The molecule has 23 heavy (non-hydrogen) atoms. The fraction of sp³-hybridized carbons (Fsp3) is 0.471. The monoisotopic (exact) mass is 317 g/mol. The van der Waals surface area contributed by atoms with Crippen LogP contribution in [0, 0.1) is 5.92 Å². The van der Waals surface area contributed by atoms with Crippen molar-refractivity contribution in [2.75, 3.05) is 13.6 Å². The summed E-state index contributed by atoms with van der Waals surface area (Å²) in [4.78, 5) is 37.5. The van der Waals surface area contributed by atoms with E-state index < -0.39 is 11.8 Å². The van der Waals surface area contributed by atoms with Crippen LogP contribution in [-0.4, -0.2) is 48.2 Å². The average Bonchev–Trinajstić information content (AvgIpc) is 3.12. The second-order valence-electron chi connectivity index (χ2n) is 6.09. The zero-order valence-electron chi connectivity index (χ0n) is 13.5. The SMILES string of the molecule is C[C@H]1[C@@H](C(=O)CC(Cc2ccccc2)C(=O)NCC(N)=O)N1C. The number of amides is 2. The number of nitrogens with two attached hydrogens (primary N) is 1. The number of hydrogen-bond acceptors (Lipinski definition) is 4. The molecule has 2 unspecified atom stereocenters. The Morgan fingerprint density at radius 1 is 1.26 bits per heavy atom. The van der Waals surface area contributed by atoms with Crippen LogP contribution in [0.5, 0.6) is 0 Å². The van der Waals surface area contributed by atoms with E-state index in [2.05, 4.69) is 5.32 Å². The minimum absolute atomic E-state index is 0.0650. The van der Waals surface area contributed by atoms with Crippen molar-refractivity contribution in [3.8, 4) is 0 Å². The number of benzene rings is 1. The first-order valence-corrected chi connectivity index (χ1v) is 7.74. The molecule has 1 aliphatic heterocycles. The Morgan fingerprint density at radius 2 is 1.87 bits per heavy atom. The molecule has 1 aliphatic rings. The summed E-state index contributed by atoms with van der Waals surface area (Å²) < 4.78 is 0. The lowest BCUT2D eigenvalue weighted by molar-refractivity contribution is -0.130. The third-order valence-corrected chi connectivity index (χ3v) is 4.36. The van der Waals surface area contributed by atoms with Gasteiger partial charge in [-0.2, -0.15) is 0 Å². The molecule has 0 radical (unpaired) electrons. The van der Waals surface area contributed by atoms with Gasteiger partial charge in [-0.05, 0) is 26.0 Å². The summed E-state index contributed by atoms with van der Waals surface area (Å²) in [5, 5.41) is 2.51. The normalized spacial score (nSPS) is 23.8. The Bertz CT molecular complexity index is 580. The molecule has 1 fully saturated rings. The Balaban J connectivity index is 2.03. The van der Waals surface area contributed by atoms with Gasteiger partial charge in [0.1, 0.15) is 0 Å². The number of carbonyl (C=O) groups is 3.